The monoisotopic (exact) mass is 455 g/mol. The van der Waals surface area contributed by atoms with Gasteiger partial charge in [-0.2, -0.15) is 0 Å². The lowest BCUT2D eigenvalue weighted by molar-refractivity contribution is 1.18. The van der Waals surface area contributed by atoms with Crippen molar-refractivity contribution in [3.63, 3.8) is 0 Å². The first kappa shape index (κ1) is 19.3. The largest absolute Gasteiger partial charge is 0.309 e. The maximum atomic E-state index is 6.48. The molecule has 7 aromatic rings. The SMILES string of the molecule is Clc1nc(-c2ccc3c(ccc4c3c3ccccc3n4-c3ccccc3)c2)nc2ccccc12. The lowest BCUT2D eigenvalue weighted by atomic mass is 10.0. The van der Waals surface area contributed by atoms with E-state index in [9.17, 15) is 0 Å². The normalized spacial score (nSPS) is 11.7. The van der Waals surface area contributed by atoms with Gasteiger partial charge in [-0.3, -0.25) is 0 Å². The topological polar surface area (TPSA) is 30.7 Å². The van der Waals surface area contributed by atoms with Crippen LogP contribution in [0.3, 0.4) is 0 Å². The molecule has 0 atom stereocenters. The molecule has 0 aliphatic carbocycles. The van der Waals surface area contributed by atoms with E-state index in [1.807, 2.05) is 24.3 Å². The number of hydrogen-bond donors (Lipinski definition) is 0. The van der Waals surface area contributed by atoms with Gasteiger partial charge in [0.15, 0.2) is 5.82 Å². The Bertz CT molecular complexity index is 1870. The van der Waals surface area contributed by atoms with Gasteiger partial charge in [0, 0.05) is 27.4 Å². The van der Waals surface area contributed by atoms with Crippen LogP contribution in [0, 0.1) is 0 Å². The molecular formula is C30H18ClN3. The first-order valence-electron chi connectivity index (χ1n) is 11.2. The Morgan fingerprint density at radius 1 is 0.588 bits per heavy atom. The fraction of sp³-hybridized carbons (Fsp3) is 0. The van der Waals surface area contributed by atoms with E-state index < -0.39 is 0 Å². The van der Waals surface area contributed by atoms with Gasteiger partial charge >= 0.3 is 0 Å². The molecule has 34 heavy (non-hydrogen) atoms. The molecule has 5 aromatic carbocycles. The highest BCUT2D eigenvalue weighted by Gasteiger charge is 2.15. The predicted octanol–water partition coefficient (Wildman–Crippen LogP) is 8.20. The average molecular weight is 456 g/mol. The summed E-state index contributed by atoms with van der Waals surface area (Å²) in [7, 11) is 0. The van der Waals surface area contributed by atoms with E-state index in [0.717, 1.165) is 27.5 Å². The van der Waals surface area contributed by atoms with Gasteiger partial charge in [0.25, 0.3) is 0 Å². The molecule has 0 fully saturated rings. The molecule has 2 aromatic heterocycles. The highest BCUT2D eigenvalue weighted by molar-refractivity contribution is 6.34. The van der Waals surface area contributed by atoms with Crippen LogP contribution in [0.5, 0.6) is 0 Å². The fourth-order valence-corrected chi connectivity index (χ4v) is 5.20. The van der Waals surface area contributed by atoms with Gasteiger partial charge in [-0.05, 0) is 53.2 Å². The van der Waals surface area contributed by atoms with Crippen molar-refractivity contribution >= 4 is 55.1 Å². The van der Waals surface area contributed by atoms with Gasteiger partial charge in [-0.1, -0.05) is 78.3 Å². The molecule has 0 saturated carbocycles. The summed E-state index contributed by atoms with van der Waals surface area (Å²) < 4.78 is 2.34. The van der Waals surface area contributed by atoms with Crippen molar-refractivity contribution in [2.45, 2.75) is 0 Å². The van der Waals surface area contributed by atoms with Crippen molar-refractivity contribution in [1.29, 1.82) is 0 Å². The minimum absolute atomic E-state index is 0.474. The molecule has 4 heteroatoms. The molecule has 0 N–H and O–H groups in total. The Kier molecular flexibility index (Phi) is 4.20. The number of hydrogen-bond acceptors (Lipinski definition) is 2. The lowest BCUT2D eigenvalue weighted by Crippen LogP contribution is -1.93. The Morgan fingerprint density at radius 2 is 1.35 bits per heavy atom. The van der Waals surface area contributed by atoms with Gasteiger partial charge in [0.1, 0.15) is 5.15 Å². The summed E-state index contributed by atoms with van der Waals surface area (Å²) in [6.07, 6.45) is 0. The quantitative estimate of drug-likeness (QED) is 0.246. The van der Waals surface area contributed by atoms with E-state index >= 15 is 0 Å². The second-order valence-electron chi connectivity index (χ2n) is 8.44. The molecular weight excluding hydrogens is 438 g/mol. The molecule has 0 saturated heterocycles. The van der Waals surface area contributed by atoms with Crippen LogP contribution >= 0.6 is 11.6 Å². The van der Waals surface area contributed by atoms with E-state index in [1.165, 1.54) is 27.2 Å². The van der Waals surface area contributed by atoms with E-state index in [2.05, 4.69) is 94.5 Å². The number of aromatic nitrogens is 3. The number of rotatable bonds is 2. The molecule has 3 nitrogen and oxygen atoms in total. The lowest BCUT2D eigenvalue weighted by Gasteiger charge is -2.09. The van der Waals surface area contributed by atoms with Crippen molar-refractivity contribution in [2.24, 2.45) is 0 Å². The van der Waals surface area contributed by atoms with E-state index in [1.54, 1.807) is 0 Å². The molecule has 0 amide bonds. The average Bonchev–Trinajstić information content (AvgIpc) is 3.23. The van der Waals surface area contributed by atoms with Gasteiger partial charge in [-0.25, -0.2) is 9.97 Å². The van der Waals surface area contributed by atoms with Crippen LogP contribution in [0.1, 0.15) is 0 Å². The summed E-state index contributed by atoms with van der Waals surface area (Å²) in [5, 5.41) is 6.18. The van der Waals surface area contributed by atoms with E-state index in [4.69, 9.17) is 16.6 Å². The standard InChI is InChI=1S/C30H18ClN3/c31-29-23-10-4-6-12-25(23)32-30(33-29)20-14-16-22-19(18-20)15-17-27-28(22)24-11-5-7-13-26(24)34(27)21-8-2-1-3-9-21/h1-18H. The smallest absolute Gasteiger partial charge is 0.161 e. The summed E-state index contributed by atoms with van der Waals surface area (Å²) in [5.41, 5.74) is 5.34. The Hall–Kier alpha value is -4.21. The van der Waals surface area contributed by atoms with Crippen LogP contribution in [-0.2, 0) is 0 Å². The third-order valence-corrected chi connectivity index (χ3v) is 6.77. The molecule has 160 valence electrons. The predicted molar refractivity (Wildman–Crippen MR) is 142 cm³/mol. The fourth-order valence-electron chi connectivity index (χ4n) is 4.96. The zero-order valence-corrected chi connectivity index (χ0v) is 18.9. The zero-order chi connectivity index (χ0) is 22.6. The number of benzene rings is 5. The van der Waals surface area contributed by atoms with Crippen molar-refractivity contribution < 1.29 is 0 Å². The number of nitrogens with zero attached hydrogens (tertiary/aromatic N) is 3. The third kappa shape index (κ3) is 2.84. The number of fused-ring (bicyclic) bond motifs is 6. The molecule has 0 bridgehead atoms. The van der Waals surface area contributed by atoms with Crippen LogP contribution in [0.4, 0.5) is 0 Å². The highest BCUT2D eigenvalue weighted by atomic mass is 35.5. The van der Waals surface area contributed by atoms with Crippen LogP contribution in [0.15, 0.2) is 109 Å². The van der Waals surface area contributed by atoms with Gasteiger partial charge in [0.2, 0.25) is 0 Å². The minimum Gasteiger partial charge on any atom is -0.309 e. The molecule has 0 aliphatic rings. The summed E-state index contributed by atoms with van der Waals surface area (Å²) >= 11 is 6.48. The molecule has 2 heterocycles. The zero-order valence-electron chi connectivity index (χ0n) is 18.1. The Labute approximate surface area is 200 Å². The Balaban J connectivity index is 1.50. The Morgan fingerprint density at radius 3 is 2.24 bits per heavy atom. The summed E-state index contributed by atoms with van der Waals surface area (Å²) in [4.78, 5) is 9.35. The molecule has 7 rings (SSSR count). The maximum Gasteiger partial charge on any atom is 0.161 e. The second kappa shape index (κ2) is 7.41. The minimum atomic E-state index is 0.474. The summed E-state index contributed by atoms with van der Waals surface area (Å²) in [6, 6.07) is 37.8. The first-order valence-corrected chi connectivity index (χ1v) is 11.6. The maximum absolute atomic E-state index is 6.48. The van der Waals surface area contributed by atoms with Crippen molar-refractivity contribution in [1.82, 2.24) is 14.5 Å². The van der Waals surface area contributed by atoms with Crippen LogP contribution < -0.4 is 0 Å². The molecule has 0 spiro atoms. The highest BCUT2D eigenvalue weighted by Crippen LogP contribution is 2.38. The molecule has 0 radical (unpaired) electrons. The van der Waals surface area contributed by atoms with Gasteiger partial charge in [-0.15, -0.1) is 0 Å². The van der Waals surface area contributed by atoms with Crippen molar-refractivity contribution in [2.75, 3.05) is 0 Å². The van der Waals surface area contributed by atoms with Crippen molar-refractivity contribution in [3.8, 4) is 17.1 Å². The number of halogens is 1. The summed E-state index contributed by atoms with van der Waals surface area (Å²) in [5.74, 6) is 0.636. The van der Waals surface area contributed by atoms with Crippen LogP contribution in [-0.4, -0.2) is 14.5 Å². The first-order chi connectivity index (χ1) is 16.8. The molecule has 0 unspecified atom stereocenters. The van der Waals surface area contributed by atoms with Crippen LogP contribution in [0.2, 0.25) is 5.15 Å². The van der Waals surface area contributed by atoms with Gasteiger partial charge < -0.3 is 4.57 Å². The van der Waals surface area contributed by atoms with Crippen LogP contribution in [0.25, 0.3) is 60.6 Å². The van der Waals surface area contributed by atoms with Gasteiger partial charge in [0.05, 0.1) is 16.6 Å². The van der Waals surface area contributed by atoms with E-state index in [-0.39, 0.29) is 0 Å². The third-order valence-electron chi connectivity index (χ3n) is 6.48. The molecule has 0 aliphatic heterocycles. The number of para-hydroxylation sites is 3. The van der Waals surface area contributed by atoms with Crippen molar-refractivity contribution in [3.05, 3.63) is 114 Å². The van der Waals surface area contributed by atoms with E-state index in [0.29, 0.717) is 11.0 Å². The second-order valence-corrected chi connectivity index (χ2v) is 8.80. The summed E-state index contributed by atoms with van der Waals surface area (Å²) in [6.45, 7) is 0.